The minimum atomic E-state index is -1.82. The molecule has 0 unspecified atom stereocenters. The van der Waals surface area contributed by atoms with E-state index in [2.05, 4.69) is 23.9 Å². The summed E-state index contributed by atoms with van der Waals surface area (Å²) in [5.74, 6) is -3.92. The molecule has 0 amide bonds. The normalized spacial score (nSPS) is 11.1. The van der Waals surface area contributed by atoms with Gasteiger partial charge < -0.3 is 24.4 Å². The lowest BCUT2D eigenvalue weighted by atomic mass is 9.73. The summed E-state index contributed by atoms with van der Waals surface area (Å²) in [6.07, 6.45) is 0.923. The van der Waals surface area contributed by atoms with Gasteiger partial charge in [-0.15, -0.1) is 0 Å². The molecule has 9 nitrogen and oxygen atoms in total. The van der Waals surface area contributed by atoms with Crippen LogP contribution in [0.25, 0.3) is 11.0 Å². The van der Waals surface area contributed by atoms with Gasteiger partial charge in [0, 0.05) is 11.9 Å². The molecule has 0 aliphatic carbocycles. The zero-order chi connectivity index (χ0) is 29.0. The van der Waals surface area contributed by atoms with Crippen LogP contribution < -0.4 is 0 Å². The molecule has 0 spiro atoms. The molecule has 1 heterocycles. The first-order valence-electron chi connectivity index (χ1n) is 13.1. The molecule has 0 aliphatic rings. The fourth-order valence-electron chi connectivity index (χ4n) is 4.54. The first kappa shape index (κ1) is 30.0. The number of benzene rings is 3. The van der Waals surface area contributed by atoms with Crippen LogP contribution in [-0.4, -0.2) is 64.4 Å². The number of hydrogen-bond donors (Lipinski definition) is 2. The van der Waals surface area contributed by atoms with Crippen molar-refractivity contribution in [3.05, 3.63) is 102 Å². The number of carboxylic acid groups (broad SMARTS) is 2. The molecule has 0 atom stereocenters. The number of carboxylic acids is 2. The number of rotatable bonds is 11. The molecule has 4 aromatic rings. The second-order valence-electron chi connectivity index (χ2n) is 9.21. The van der Waals surface area contributed by atoms with Crippen molar-refractivity contribution in [1.82, 2.24) is 10.1 Å². The summed E-state index contributed by atoms with van der Waals surface area (Å²) in [6, 6.07) is 27.8. The average Bonchev–Trinajstić information content (AvgIpc) is 3.41. The number of fused-ring (bicyclic) bond motifs is 1. The van der Waals surface area contributed by atoms with Crippen molar-refractivity contribution in [1.29, 1.82) is 0 Å². The average molecular weight is 547 g/mol. The number of aliphatic carboxylic acids is 2. The Morgan fingerprint density at radius 1 is 0.800 bits per heavy atom. The van der Waals surface area contributed by atoms with Gasteiger partial charge >= 0.3 is 17.9 Å². The minimum Gasteiger partial charge on any atom is -0.473 e. The second kappa shape index (κ2) is 14.6. The van der Waals surface area contributed by atoms with Crippen molar-refractivity contribution >= 4 is 28.9 Å². The lowest BCUT2D eigenvalue weighted by molar-refractivity contribution is -0.159. The molecule has 1 aromatic heterocycles. The van der Waals surface area contributed by atoms with Gasteiger partial charge in [-0.25, -0.2) is 9.59 Å². The van der Waals surface area contributed by atoms with Crippen molar-refractivity contribution in [2.45, 2.75) is 32.1 Å². The monoisotopic (exact) mass is 546 g/mol. The second-order valence-corrected chi connectivity index (χ2v) is 9.21. The highest BCUT2D eigenvalue weighted by Crippen LogP contribution is 2.37. The van der Waals surface area contributed by atoms with Gasteiger partial charge in [0.15, 0.2) is 5.58 Å². The van der Waals surface area contributed by atoms with Gasteiger partial charge in [-0.05, 0) is 49.2 Å². The largest absolute Gasteiger partial charge is 0.473 e. The molecule has 0 bridgehead atoms. The van der Waals surface area contributed by atoms with Crippen molar-refractivity contribution in [3.63, 3.8) is 0 Å². The van der Waals surface area contributed by atoms with Gasteiger partial charge in [-0.3, -0.25) is 4.79 Å². The Kier molecular flexibility index (Phi) is 11.0. The van der Waals surface area contributed by atoms with Crippen LogP contribution in [0.4, 0.5) is 0 Å². The molecule has 40 heavy (non-hydrogen) atoms. The summed E-state index contributed by atoms with van der Waals surface area (Å²) in [4.78, 5) is 34.5. The molecule has 0 fully saturated rings. The van der Waals surface area contributed by atoms with E-state index in [0.717, 1.165) is 29.6 Å². The Balaban J connectivity index is 0.000000663. The molecule has 4 rings (SSSR count). The van der Waals surface area contributed by atoms with Crippen LogP contribution in [0.2, 0.25) is 0 Å². The van der Waals surface area contributed by atoms with E-state index in [1.54, 1.807) is 0 Å². The highest BCUT2D eigenvalue weighted by Gasteiger charge is 2.46. The van der Waals surface area contributed by atoms with Crippen molar-refractivity contribution in [2.24, 2.45) is 0 Å². The minimum absolute atomic E-state index is 0.272. The molecule has 0 aliphatic heterocycles. The van der Waals surface area contributed by atoms with Gasteiger partial charge in [0.25, 0.3) is 0 Å². The van der Waals surface area contributed by atoms with Crippen LogP contribution >= 0.6 is 0 Å². The molecule has 0 saturated carbocycles. The van der Waals surface area contributed by atoms with Crippen molar-refractivity contribution in [2.75, 3.05) is 26.2 Å². The van der Waals surface area contributed by atoms with Crippen LogP contribution in [-0.2, 0) is 37.4 Å². The molecule has 3 aromatic carbocycles. The maximum Gasteiger partial charge on any atom is 0.414 e. The number of hydrogen-bond acceptors (Lipinski definition) is 7. The Labute approximate surface area is 233 Å². The third kappa shape index (κ3) is 7.77. The van der Waals surface area contributed by atoms with E-state index in [0.29, 0.717) is 37.3 Å². The van der Waals surface area contributed by atoms with E-state index in [1.807, 2.05) is 84.9 Å². The Bertz CT molecular complexity index is 1330. The van der Waals surface area contributed by atoms with Gasteiger partial charge in [-0.1, -0.05) is 91.8 Å². The van der Waals surface area contributed by atoms with E-state index in [9.17, 15) is 4.79 Å². The van der Waals surface area contributed by atoms with Crippen LogP contribution in [0.3, 0.4) is 0 Å². The number of ether oxygens (including phenoxy) is 1. The predicted molar refractivity (Wildman–Crippen MR) is 150 cm³/mol. The highest BCUT2D eigenvalue weighted by molar-refractivity contribution is 6.27. The summed E-state index contributed by atoms with van der Waals surface area (Å²) in [5.41, 5.74) is 2.36. The fourth-order valence-corrected chi connectivity index (χ4v) is 4.54. The van der Waals surface area contributed by atoms with Crippen LogP contribution in [0.1, 0.15) is 30.7 Å². The molecular formula is C31H34N2O7. The number of esters is 1. The third-order valence-electron chi connectivity index (χ3n) is 6.64. The number of carbonyl (C=O) groups is 3. The lowest BCUT2D eigenvalue weighted by Crippen LogP contribution is -2.43. The number of nitrogens with zero attached hydrogens (tertiary/aromatic N) is 2. The predicted octanol–water partition coefficient (Wildman–Crippen LogP) is 4.59. The zero-order valence-corrected chi connectivity index (χ0v) is 22.7. The van der Waals surface area contributed by atoms with Crippen molar-refractivity contribution < 1.29 is 33.9 Å². The van der Waals surface area contributed by atoms with Crippen LogP contribution in [0, 0.1) is 0 Å². The Hall–Kier alpha value is -4.50. The van der Waals surface area contributed by atoms with E-state index >= 15 is 0 Å². The first-order valence-corrected chi connectivity index (χ1v) is 13.1. The number of carbonyl (C=O) groups excluding carboxylic acids is 1. The molecule has 0 radical (unpaired) electrons. The maximum absolute atomic E-state index is 14.1. The summed E-state index contributed by atoms with van der Waals surface area (Å²) < 4.78 is 11.7. The quantitative estimate of drug-likeness (QED) is 0.205. The van der Waals surface area contributed by atoms with E-state index in [4.69, 9.17) is 29.1 Å². The molecule has 210 valence electrons. The van der Waals surface area contributed by atoms with E-state index in [1.165, 1.54) is 0 Å². The topological polar surface area (TPSA) is 130 Å². The number of aromatic nitrogens is 1. The van der Waals surface area contributed by atoms with E-state index < -0.39 is 17.4 Å². The fraction of sp³-hybridized carbons (Fsp3) is 0.290. The molecule has 2 N–H and O–H groups in total. The smallest absolute Gasteiger partial charge is 0.414 e. The number of likely N-dealkylation sites (N-methyl/N-ethyl adjacent to an activating group) is 1. The summed E-state index contributed by atoms with van der Waals surface area (Å²) in [5, 5.41) is 20.1. The van der Waals surface area contributed by atoms with Gasteiger partial charge in [0.05, 0.1) is 0 Å². The van der Waals surface area contributed by atoms with Crippen molar-refractivity contribution in [3.8, 4) is 0 Å². The maximum atomic E-state index is 14.1. The number of para-hydroxylation sites is 1. The first-order chi connectivity index (χ1) is 19.3. The Morgan fingerprint density at radius 2 is 1.30 bits per heavy atom. The van der Waals surface area contributed by atoms with Gasteiger partial charge in [0.1, 0.15) is 17.7 Å². The van der Waals surface area contributed by atoms with Gasteiger partial charge in [-0.2, -0.15) is 0 Å². The van der Waals surface area contributed by atoms with E-state index in [-0.39, 0.29) is 5.97 Å². The summed E-state index contributed by atoms with van der Waals surface area (Å²) in [7, 11) is 0. The SMILES string of the molecule is CCN(CC)CCOC(=O)C(Cc1ccccc1)(Cc1ccccc1)c1noc2ccccc12.O=C(O)C(=O)O. The summed E-state index contributed by atoms with van der Waals surface area (Å²) >= 11 is 0. The third-order valence-corrected chi connectivity index (χ3v) is 6.64. The standard InChI is InChI=1S/C29H32N2O3.C2H2O4/c1-3-31(4-2)19-20-33-28(32)29(21-23-13-7-5-8-14-23,22-24-15-9-6-10-16-24)27-25-17-11-12-18-26(25)34-30-27;3-1(4)2(5)6/h5-18H,3-4,19-22H2,1-2H3;(H,3,4)(H,5,6). The zero-order valence-electron chi connectivity index (χ0n) is 22.7. The molecule has 9 heteroatoms. The Morgan fingerprint density at radius 3 is 1.80 bits per heavy atom. The molecular weight excluding hydrogens is 512 g/mol. The van der Waals surface area contributed by atoms with Gasteiger partial charge in [0.2, 0.25) is 0 Å². The van der Waals surface area contributed by atoms with Crippen LogP contribution in [0.15, 0.2) is 89.5 Å². The molecule has 0 saturated heterocycles. The highest BCUT2D eigenvalue weighted by atomic mass is 16.5. The summed E-state index contributed by atoms with van der Waals surface area (Å²) in [6.45, 7) is 7.10. The van der Waals surface area contributed by atoms with Crippen LogP contribution in [0.5, 0.6) is 0 Å². The lowest BCUT2D eigenvalue weighted by Gasteiger charge is -2.31.